The number of rotatable bonds is 40. The van der Waals surface area contributed by atoms with Crippen LogP contribution < -0.4 is 11.4 Å². The van der Waals surface area contributed by atoms with Gasteiger partial charge in [-0.2, -0.15) is 9.29 Å². The Bertz CT molecular complexity index is 1570. The Labute approximate surface area is 380 Å². The van der Waals surface area contributed by atoms with Crippen LogP contribution in [0.25, 0.3) is 0 Å². The molecule has 0 aromatic carbocycles. The molecule has 1 aliphatic rings. The molecule has 1 fully saturated rings. The van der Waals surface area contributed by atoms with E-state index in [-0.39, 0.29) is 18.7 Å². The van der Waals surface area contributed by atoms with E-state index in [0.29, 0.717) is 12.8 Å². The second-order valence-electron chi connectivity index (χ2n) is 17.0. The summed E-state index contributed by atoms with van der Waals surface area (Å²) in [7, 11) is -10.8. The van der Waals surface area contributed by atoms with Gasteiger partial charge in [-0.25, -0.2) is 13.9 Å². The Morgan fingerprint density at radius 1 is 0.688 bits per heavy atom. The molecule has 18 nitrogen and oxygen atoms in total. The SMILES string of the molecule is CCCCCCCCCCCCCCCC(=O)OCC(COP(=O)(O)OP(=O)(O)OC[C@H]1O[C@@H](n2ccc(N)nc2=O)[C@@H](O)[C@@H]1O)OC(=O)CCCCCCCCCCCCCCC. The maximum atomic E-state index is 12.8. The van der Waals surface area contributed by atoms with Crippen LogP contribution in [0.3, 0.4) is 0 Å². The smallest absolute Gasteiger partial charge is 0.462 e. The number of anilines is 1. The van der Waals surface area contributed by atoms with Crippen LogP contribution in [0.15, 0.2) is 17.1 Å². The summed E-state index contributed by atoms with van der Waals surface area (Å²) >= 11 is 0. The first-order chi connectivity index (χ1) is 30.7. The van der Waals surface area contributed by atoms with Gasteiger partial charge in [0, 0.05) is 19.0 Å². The van der Waals surface area contributed by atoms with Gasteiger partial charge in [-0.3, -0.25) is 23.2 Å². The van der Waals surface area contributed by atoms with Gasteiger partial charge in [-0.15, -0.1) is 0 Å². The second-order valence-corrected chi connectivity index (χ2v) is 20.0. The van der Waals surface area contributed by atoms with Gasteiger partial charge in [-0.05, 0) is 18.9 Å². The van der Waals surface area contributed by atoms with E-state index >= 15 is 0 Å². The highest BCUT2D eigenvalue weighted by atomic mass is 31.3. The van der Waals surface area contributed by atoms with Crippen molar-refractivity contribution in [3.8, 4) is 0 Å². The van der Waals surface area contributed by atoms with Gasteiger partial charge in [0.15, 0.2) is 12.3 Å². The molecule has 7 atom stereocenters. The van der Waals surface area contributed by atoms with Gasteiger partial charge >= 0.3 is 33.3 Å². The van der Waals surface area contributed by atoms with Gasteiger partial charge in [0.1, 0.15) is 30.7 Å². The normalized spacial score (nSPS) is 19.8. The van der Waals surface area contributed by atoms with Crippen LogP contribution in [0, 0.1) is 0 Å². The molecule has 20 heteroatoms. The number of esters is 2. The number of hydrogen-bond donors (Lipinski definition) is 5. The van der Waals surface area contributed by atoms with Gasteiger partial charge in [-0.1, -0.05) is 168 Å². The molecule has 0 bridgehead atoms. The Balaban J connectivity index is 1.82. The topological polar surface area (TPSA) is 265 Å². The largest absolute Gasteiger partial charge is 0.481 e. The number of ether oxygens (including phenoxy) is 3. The lowest BCUT2D eigenvalue weighted by molar-refractivity contribution is -0.161. The van der Waals surface area contributed by atoms with E-state index in [1.165, 1.54) is 115 Å². The molecule has 0 radical (unpaired) electrons. The van der Waals surface area contributed by atoms with Crippen LogP contribution >= 0.6 is 15.6 Å². The zero-order valence-electron chi connectivity index (χ0n) is 38.6. The van der Waals surface area contributed by atoms with Crippen LogP contribution in [0.5, 0.6) is 0 Å². The summed E-state index contributed by atoms with van der Waals surface area (Å²) in [6.45, 7) is 2.16. The van der Waals surface area contributed by atoms with Crippen molar-refractivity contribution in [2.75, 3.05) is 25.6 Å². The minimum atomic E-state index is -5.41. The lowest BCUT2D eigenvalue weighted by atomic mass is 10.0. The van der Waals surface area contributed by atoms with Gasteiger partial charge in [0.05, 0.1) is 13.2 Å². The number of aliphatic hydroxyl groups excluding tert-OH is 2. The number of phosphoric ester groups is 2. The molecule has 1 saturated heterocycles. The first-order valence-electron chi connectivity index (χ1n) is 24.0. The molecule has 6 N–H and O–H groups in total. The summed E-state index contributed by atoms with van der Waals surface area (Å²) in [6, 6.07) is 1.25. The minimum absolute atomic E-state index is 0.0578. The number of aliphatic hydroxyl groups is 2. The lowest BCUT2D eigenvalue weighted by Crippen LogP contribution is -2.36. The van der Waals surface area contributed by atoms with E-state index in [9.17, 15) is 43.5 Å². The maximum absolute atomic E-state index is 12.8. The minimum Gasteiger partial charge on any atom is -0.462 e. The van der Waals surface area contributed by atoms with E-state index in [4.69, 9.17) is 29.0 Å². The van der Waals surface area contributed by atoms with Crippen molar-refractivity contribution in [2.24, 2.45) is 0 Å². The highest BCUT2D eigenvalue weighted by Crippen LogP contribution is 2.60. The predicted molar refractivity (Wildman–Crippen MR) is 243 cm³/mol. The zero-order valence-corrected chi connectivity index (χ0v) is 40.4. The molecule has 0 amide bonds. The van der Waals surface area contributed by atoms with Crippen molar-refractivity contribution in [3.63, 3.8) is 0 Å². The predicted octanol–water partition coefficient (Wildman–Crippen LogP) is 9.11. The molecule has 1 aliphatic heterocycles. The van der Waals surface area contributed by atoms with Crippen molar-refractivity contribution >= 4 is 33.4 Å². The van der Waals surface area contributed by atoms with Gasteiger partial charge in [0.2, 0.25) is 0 Å². The van der Waals surface area contributed by atoms with Gasteiger partial charge in [0.25, 0.3) is 0 Å². The molecule has 64 heavy (non-hydrogen) atoms. The summed E-state index contributed by atoms with van der Waals surface area (Å²) in [5.74, 6) is -1.28. The Hall–Kier alpha value is -2.24. The third-order valence-corrected chi connectivity index (χ3v) is 13.8. The number of nitrogens with two attached hydrogens (primary N) is 1. The lowest BCUT2D eigenvalue weighted by Gasteiger charge is -2.21. The number of carbonyl (C=O) groups excluding carboxylic acids is 2. The van der Waals surface area contributed by atoms with Crippen LogP contribution in [-0.2, 0) is 46.3 Å². The quantitative estimate of drug-likeness (QED) is 0.0233. The van der Waals surface area contributed by atoms with Crippen LogP contribution in [0.2, 0.25) is 0 Å². The maximum Gasteiger partial charge on any atom is 0.481 e. The Morgan fingerprint density at radius 2 is 1.12 bits per heavy atom. The van der Waals surface area contributed by atoms with Crippen molar-refractivity contribution in [3.05, 3.63) is 22.7 Å². The average molecular weight is 954 g/mol. The summed E-state index contributed by atoms with van der Waals surface area (Å²) in [6.07, 6.45) is 23.3. The van der Waals surface area contributed by atoms with Crippen molar-refractivity contribution in [1.29, 1.82) is 0 Å². The highest BCUT2D eigenvalue weighted by molar-refractivity contribution is 7.61. The van der Waals surface area contributed by atoms with Crippen LogP contribution in [0.1, 0.15) is 200 Å². The average Bonchev–Trinajstić information content (AvgIpc) is 3.52. The molecule has 2 heterocycles. The molecule has 2 rings (SSSR count). The molecule has 1 aromatic heterocycles. The van der Waals surface area contributed by atoms with E-state index < -0.39 is 83.7 Å². The Kier molecular flexibility index (Phi) is 30.9. The molecule has 0 saturated carbocycles. The van der Waals surface area contributed by atoms with E-state index in [2.05, 4.69) is 23.1 Å². The number of nitrogen functional groups attached to an aromatic ring is 1. The molecular formula is C44H81N3O15P2. The van der Waals surface area contributed by atoms with E-state index in [0.717, 1.165) is 55.9 Å². The summed E-state index contributed by atoms with van der Waals surface area (Å²) in [4.78, 5) is 61.7. The fourth-order valence-corrected chi connectivity index (χ4v) is 9.54. The number of hydrogen-bond acceptors (Lipinski definition) is 15. The fourth-order valence-electron chi connectivity index (χ4n) is 7.43. The summed E-state index contributed by atoms with van der Waals surface area (Å²) in [5.41, 5.74) is 4.58. The third-order valence-electron chi connectivity index (χ3n) is 11.2. The first-order valence-corrected chi connectivity index (χ1v) is 27.0. The molecular weight excluding hydrogens is 872 g/mol. The standard InChI is InChI=1S/C44H81N3O15P2/c1-3-5-7-9-11-13-15-17-19-21-23-25-27-29-39(48)57-33-36(60-40(49)30-28-26-24-22-20-18-16-14-12-10-8-6-4-2)34-58-63(53,54)62-64(55,56)59-35-37-41(50)42(51)43(61-37)47-32-31-38(45)46-44(47)52/h31-32,36-37,41-43,50-51H,3-30,33-35H2,1-2H3,(H,53,54)(H,55,56)(H2,45,46,52)/t36?,37-,41-,42+,43-/m1/s1. The Morgan fingerprint density at radius 3 is 1.59 bits per heavy atom. The van der Waals surface area contributed by atoms with Crippen molar-refractivity contribution in [1.82, 2.24) is 9.55 Å². The first kappa shape index (κ1) is 57.9. The van der Waals surface area contributed by atoms with Crippen molar-refractivity contribution in [2.45, 2.75) is 224 Å². The van der Waals surface area contributed by atoms with Crippen LogP contribution in [0.4, 0.5) is 5.82 Å². The molecule has 1 aromatic rings. The summed E-state index contributed by atoms with van der Waals surface area (Å²) < 4.78 is 56.7. The van der Waals surface area contributed by atoms with Gasteiger partial charge < -0.3 is 39.9 Å². The number of unbranched alkanes of at least 4 members (excludes halogenated alkanes) is 24. The third kappa shape index (κ3) is 26.8. The zero-order chi connectivity index (χ0) is 47.1. The number of nitrogens with zero attached hydrogens (tertiary/aromatic N) is 2. The monoisotopic (exact) mass is 954 g/mol. The van der Waals surface area contributed by atoms with E-state index in [1.54, 1.807) is 0 Å². The molecule has 0 aliphatic carbocycles. The number of phosphoric acid groups is 2. The van der Waals surface area contributed by atoms with Crippen LogP contribution in [-0.4, -0.2) is 85.7 Å². The molecule has 372 valence electrons. The number of carbonyl (C=O) groups is 2. The molecule has 0 spiro atoms. The molecule has 3 unspecified atom stereocenters. The number of aromatic nitrogens is 2. The van der Waals surface area contributed by atoms with Crippen molar-refractivity contribution < 1.29 is 66.3 Å². The highest BCUT2D eigenvalue weighted by Gasteiger charge is 2.46. The summed E-state index contributed by atoms with van der Waals surface area (Å²) in [5, 5.41) is 20.9. The second kappa shape index (κ2) is 34.1. The van der Waals surface area contributed by atoms with E-state index in [1.807, 2.05) is 0 Å². The fraction of sp³-hybridized carbons (Fsp3) is 0.864.